The van der Waals surface area contributed by atoms with E-state index >= 15 is 0 Å². The smallest absolute Gasteiger partial charge is 0.0512 e. The van der Waals surface area contributed by atoms with Crippen LogP contribution in [0.1, 0.15) is 40.0 Å². The van der Waals surface area contributed by atoms with Gasteiger partial charge in [0.1, 0.15) is 0 Å². The van der Waals surface area contributed by atoms with E-state index in [0.29, 0.717) is 17.8 Å². The van der Waals surface area contributed by atoms with E-state index in [4.69, 9.17) is 0 Å². The lowest BCUT2D eigenvalue weighted by Crippen LogP contribution is -2.44. The van der Waals surface area contributed by atoms with Crippen LogP contribution in [0.2, 0.25) is 0 Å². The first-order chi connectivity index (χ1) is 6.55. The molecule has 0 unspecified atom stereocenters. The molecule has 0 amide bonds. The molecule has 0 aromatic rings. The van der Waals surface area contributed by atoms with Crippen molar-refractivity contribution in [2.75, 3.05) is 13.2 Å². The van der Waals surface area contributed by atoms with Crippen LogP contribution in [0.15, 0.2) is 0 Å². The molecule has 2 heteroatoms. The van der Waals surface area contributed by atoms with Crippen LogP contribution in [0.3, 0.4) is 0 Å². The average Bonchev–Trinajstić information content (AvgIpc) is 2.16. The first-order valence-electron chi connectivity index (χ1n) is 5.77. The summed E-state index contributed by atoms with van der Waals surface area (Å²) in [4.78, 5) is 0. The molecule has 1 rings (SSSR count). The number of hydrogen-bond acceptors (Lipinski definition) is 2. The lowest BCUT2D eigenvalue weighted by Gasteiger charge is -2.46. The van der Waals surface area contributed by atoms with Crippen LogP contribution >= 0.6 is 0 Å². The van der Waals surface area contributed by atoms with E-state index in [2.05, 4.69) is 20.8 Å². The highest BCUT2D eigenvalue weighted by Crippen LogP contribution is 2.46. The topological polar surface area (TPSA) is 40.5 Å². The van der Waals surface area contributed by atoms with Gasteiger partial charge in [0.25, 0.3) is 0 Å². The molecule has 0 aromatic heterocycles. The number of aliphatic hydroxyl groups excluding tert-OH is 2. The van der Waals surface area contributed by atoms with Gasteiger partial charge in [-0.15, -0.1) is 0 Å². The standard InChI is InChI=1S/C12H24O2/c1-9(2)11-5-4-10(3)6-12(11,7-13)8-14/h9-11,13-14H,4-8H2,1-3H3/t10-,11+/m1/s1. The predicted molar refractivity (Wildman–Crippen MR) is 57.9 cm³/mol. The molecule has 1 saturated carbocycles. The van der Waals surface area contributed by atoms with E-state index < -0.39 is 0 Å². The van der Waals surface area contributed by atoms with Crippen LogP contribution < -0.4 is 0 Å². The summed E-state index contributed by atoms with van der Waals surface area (Å²) in [5.41, 5.74) is -0.216. The Labute approximate surface area is 87.3 Å². The van der Waals surface area contributed by atoms with Crippen molar-refractivity contribution in [3.8, 4) is 0 Å². The summed E-state index contributed by atoms with van der Waals surface area (Å²) in [6, 6.07) is 0. The van der Waals surface area contributed by atoms with Crippen molar-refractivity contribution in [3.63, 3.8) is 0 Å². The third kappa shape index (κ3) is 2.12. The Kier molecular flexibility index (Phi) is 3.96. The van der Waals surface area contributed by atoms with Gasteiger partial charge >= 0.3 is 0 Å². The molecule has 0 saturated heterocycles. The highest BCUT2D eigenvalue weighted by molar-refractivity contribution is 4.92. The van der Waals surface area contributed by atoms with E-state index in [1.54, 1.807) is 0 Å². The van der Waals surface area contributed by atoms with Gasteiger partial charge in [-0.25, -0.2) is 0 Å². The third-order valence-electron chi connectivity index (χ3n) is 3.95. The Morgan fingerprint density at radius 3 is 2.21 bits per heavy atom. The largest absolute Gasteiger partial charge is 0.396 e. The summed E-state index contributed by atoms with van der Waals surface area (Å²) in [5, 5.41) is 19.0. The molecule has 0 aromatic carbocycles. The second kappa shape index (κ2) is 4.63. The fraction of sp³-hybridized carbons (Fsp3) is 1.00. The van der Waals surface area contributed by atoms with Gasteiger partial charge in [0.15, 0.2) is 0 Å². The molecule has 1 aliphatic carbocycles. The van der Waals surface area contributed by atoms with Gasteiger partial charge in [0.05, 0.1) is 13.2 Å². The lowest BCUT2D eigenvalue weighted by atomic mass is 9.60. The Balaban J connectivity index is 2.81. The quantitative estimate of drug-likeness (QED) is 0.732. The van der Waals surface area contributed by atoms with Gasteiger partial charge in [-0.05, 0) is 30.6 Å². The molecule has 0 heterocycles. The molecule has 0 radical (unpaired) electrons. The SMILES string of the molecule is CC(C)[C@@H]1CC[C@@H](C)CC1(CO)CO. The zero-order valence-electron chi connectivity index (χ0n) is 9.66. The maximum absolute atomic E-state index is 9.52. The molecule has 0 bridgehead atoms. The average molecular weight is 200 g/mol. The molecule has 14 heavy (non-hydrogen) atoms. The van der Waals surface area contributed by atoms with Crippen LogP contribution in [-0.2, 0) is 0 Å². The highest BCUT2D eigenvalue weighted by atomic mass is 16.3. The number of rotatable bonds is 3. The first kappa shape index (κ1) is 12.0. The zero-order chi connectivity index (χ0) is 10.8. The normalized spacial score (nSPS) is 32.1. The fourth-order valence-electron chi connectivity index (χ4n) is 3.17. The van der Waals surface area contributed by atoms with Crippen LogP contribution in [0.25, 0.3) is 0 Å². The number of aliphatic hydroxyl groups is 2. The van der Waals surface area contributed by atoms with Crippen molar-refractivity contribution in [1.82, 2.24) is 0 Å². The minimum Gasteiger partial charge on any atom is -0.396 e. The molecule has 0 aliphatic heterocycles. The monoisotopic (exact) mass is 200 g/mol. The minimum atomic E-state index is -0.216. The van der Waals surface area contributed by atoms with Gasteiger partial charge in [-0.2, -0.15) is 0 Å². The van der Waals surface area contributed by atoms with Crippen molar-refractivity contribution in [3.05, 3.63) is 0 Å². The Bertz CT molecular complexity index is 173. The zero-order valence-corrected chi connectivity index (χ0v) is 9.66. The van der Waals surface area contributed by atoms with Crippen molar-refractivity contribution in [2.24, 2.45) is 23.2 Å². The molecule has 2 nitrogen and oxygen atoms in total. The van der Waals surface area contributed by atoms with Crippen molar-refractivity contribution >= 4 is 0 Å². The van der Waals surface area contributed by atoms with Crippen LogP contribution in [0.5, 0.6) is 0 Å². The summed E-state index contributed by atoms with van der Waals surface area (Å²) < 4.78 is 0. The van der Waals surface area contributed by atoms with Crippen LogP contribution in [0, 0.1) is 23.2 Å². The molecular weight excluding hydrogens is 176 g/mol. The van der Waals surface area contributed by atoms with Gasteiger partial charge in [-0.1, -0.05) is 27.2 Å². The molecule has 0 spiro atoms. The summed E-state index contributed by atoms with van der Waals surface area (Å²) in [7, 11) is 0. The molecule has 1 aliphatic rings. The van der Waals surface area contributed by atoms with Gasteiger partial charge in [0.2, 0.25) is 0 Å². The van der Waals surface area contributed by atoms with Gasteiger partial charge < -0.3 is 10.2 Å². The fourth-order valence-corrected chi connectivity index (χ4v) is 3.17. The van der Waals surface area contributed by atoms with Gasteiger partial charge in [-0.3, -0.25) is 0 Å². The Morgan fingerprint density at radius 1 is 1.21 bits per heavy atom. The summed E-state index contributed by atoms with van der Waals surface area (Å²) in [5.74, 6) is 1.68. The van der Waals surface area contributed by atoms with E-state index in [1.165, 1.54) is 6.42 Å². The Morgan fingerprint density at radius 2 is 1.79 bits per heavy atom. The van der Waals surface area contributed by atoms with E-state index in [-0.39, 0.29) is 18.6 Å². The number of hydrogen-bond donors (Lipinski definition) is 2. The van der Waals surface area contributed by atoms with E-state index in [9.17, 15) is 10.2 Å². The van der Waals surface area contributed by atoms with Crippen LogP contribution in [-0.4, -0.2) is 23.4 Å². The van der Waals surface area contributed by atoms with E-state index in [0.717, 1.165) is 12.8 Å². The molecule has 1 fully saturated rings. The summed E-state index contributed by atoms with van der Waals surface area (Å²) >= 11 is 0. The van der Waals surface area contributed by atoms with E-state index in [1.807, 2.05) is 0 Å². The first-order valence-corrected chi connectivity index (χ1v) is 5.77. The molecular formula is C12H24O2. The third-order valence-corrected chi connectivity index (χ3v) is 3.95. The molecule has 2 atom stereocenters. The van der Waals surface area contributed by atoms with Gasteiger partial charge in [0, 0.05) is 5.41 Å². The second-order valence-corrected chi connectivity index (χ2v) is 5.42. The van der Waals surface area contributed by atoms with Crippen LogP contribution in [0.4, 0.5) is 0 Å². The Hall–Kier alpha value is -0.0800. The highest BCUT2D eigenvalue weighted by Gasteiger charge is 2.43. The van der Waals surface area contributed by atoms with Crippen molar-refractivity contribution < 1.29 is 10.2 Å². The van der Waals surface area contributed by atoms with Crippen molar-refractivity contribution in [2.45, 2.75) is 40.0 Å². The molecule has 2 N–H and O–H groups in total. The maximum atomic E-state index is 9.52. The molecule has 84 valence electrons. The minimum absolute atomic E-state index is 0.136. The van der Waals surface area contributed by atoms with Crippen molar-refractivity contribution in [1.29, 1.82) is 0 Å². The summed E-state index contributed by atoms with van der Waals surface area (Å²) in [6.45, 7) is 6.88. The lowest BCUT2D eigenvalue weighted by molar-refractivity contribution is -0.0568. The summed E-state index contributed by atoms with van der Waals surface area (Å²) in [6.07, 6.45) is 3.37. The second-order valence-electron chi connectivity index (χ2n) is 5.42. The maximum Gasteiger partial charge on any atom is 0.0512 e. The predicted octanol–water partition coefficient (Wildman–Crippen LogP) is 2.05.